The van der Waals surface area contributed by atoms with Crippen LogP contribution in [0.2, 0.25) is 0 Å². The first-order chi connectivity index (χ1) is 8.08. The van der Waals surface area contributed by atoms with Crippen LogP contribution in [-0.2, 0) is 0 Å². The van der Waals surface area contributed by atoms with Crippen molar-refractivity contribution in [3.8, 4) is 5.75 Å². The van der Waals surface area contributed by atoms with Crippen LogP contribution < -0.4 is 10.5 Å². The summed E-state index contributed by atoms with van der Waals surface area (Å²) >= 11 is 0. The van der Waals surface area contributed by atoms with Gasteiger partial charge in [-0.15, -0.1) is 0 Å². The maximum Gasteiger partial charge on any atom is 0.272 e. The second-order valence-corrected chi connectivity index (χ2v) is 4.12. The van der Waals surface area contributed by atoms with Crippen molar-refractivity contribution in [3.05, 3.63) is 34.1 Å². The molecule has 2 atom stereocenters. The van der Waals surface area contributed by atoms with E-state index >= 15 is 0 Å². The number of nitro groups is 1. The molecule has 1 fully saturated rings. The molecule has 0 saturated heterocycles. The summed E-state index contributed by atoms with van der Waals surface area (Å²) in [6.45, 7) is 0. The zero-order valence-electron chi connectivity index (χ0n) is 9.14. The molecule has 0 aromatic heterocycles. The van der Waals surface area contributed by atoms with E-state index in [2.05, 4.69) is 0 Å². The number of non-ortho nitro benzene ring substituents is 1. The van der Waals surface area contributed by atoms with E-state index in [1.54, 1.807) is 0 Å². The molecule has 2 unspecified atom stereocenters. The molecule has 6 heteroatoms. The van der Waals surface area contributed by atoms with Crippen molar-refractivity contribution in [1.82, 2.24) is 0 Å². The Kier molecular flexibility index (Phi) is 3.23. The minimum absolute atomic E-state index is 0.0259. The highest BCUT2D eigenvalue weighted by atomic mass is 19.1. The van der Waals surface area contributed by atoms with E-state index in [0.717, 1.165) is 25.3 Å². The fraction of sp³-hybridized carbons (Fsp3) is 0.455. The Morgan fingerprint density at radius 2 is 2.24 bits per heavy atom. The van der Waals surface area contributed by atoms with Crippen LogP contribution in [0.5, 0.6) is 5.75 Å². The molecule has 0 heterocycles. The van der Waals surface area contributed by atoms with Gasteiger partial charge in [-0.1, -0.05) is 0 Å². The Labute approximate surface area is 97.5 Å². The fourth-order valence-electron chi connectivity index (χ4n) is 1.96. The topological polar surface area (TPSA) is 78.4 Å². The Morgan fingerprint density at radius 1 is 1.47 bits per heavy atom. The Bertz CT molecular complexity index is 439. The molecule has 0 aliphatic heterocycles. The van der Waals surface area contributed by atoms with E-state index < -0.39 is 10.7 Å². The number of nitro benzene ring substituents is 1. The van der Waals surface area contributed by atoms with Gasteiger partial charge in [0.2, 0.25) is 0 Å². The summed E-state index contributed by atoms with van der Waals surface area (Å²) in [5, 5.41) is 10.4. The molecule has 0 bridgehead atoms. The standard InChI is InChI=1S/C11H13FN2O3/c12-8-6-7(14(15)16)4-5-10(8)17-11-3-1-2-9(11)13/h4-6,9,11H,1-3,13H2. The highest BCUT2D eigenvalue weighted by Gasteiger charge is 2.26. The third-order valence-corrected chi connectivity index (χ3v) is 2.91. The summed E-state index contributed by atoms with van der Waals surface area (Å²) < 4.78 is 19.0. The van der Waals surface area contributed by atoms with Crippen LogP contribution in [0.3, 0.4) is 0 Å². The number of nitrogens with two attached hydrogens (primary N) is 1. The van der Waals surface area contributed by atoms with Crippen molar-refractivity contribution in [2.75, 3.05) is 0 Å². The molecule has 1 aliphatic carbocycles. The monoisotopic (exact) mass is 240 g/mol. The van der Waals surface area contributed by atoms with Crippen molar-refractivity contribution in [3.63, 3.8) is 0 Å². The number of hydrogen-bond donors (Lipinski definition) is 1. The zero-order valence-corrected chi connectivity index (χ0v) is 9.14. The lowest BCUT2D eigenvalue weighted by Crippen LogP contribution is -2.33. The number of halogens is 1. The number of rotatable bonds is 3. The van der Waals surface area contributed by atoms with Gasteiger partial charge in [-0.25, -0.2) is 4.39 Å². The van der Waals surface area contributed by atoms with Gasteiger partial charge in [0.15, 0.2) is 11.6 Å². The summed E-state index contributed by atoms with van der Waals surface area (Å²) in [5.41, 5.74) is 5.51. The Morgan fingerprint density at radius 3 is 2.76 bits per heavy atom. The number of ether oxygens (including phenoxy) is 1. The van der Waals surface area contributed by atoms with Crippen LogP contribution in [0, 0.1) is 15.9 Å². The first-order valence-electron chi connectivity index (χ1n) is 5.44. The van der Waals surface area contributed by atoms with Gasteiger partial charge in [-0.05, 0) is 25.3 Å². The van der Waals surface area contributed by atoms with E-state index in [-0.39, 0.29) is 23.6 Å². The molecular weight excluding hydrogens is 227 g/mol. The molecule has 92 valence electrons. The lowest BCUT2D eigenvalue weighted by atomic mass is 10.2. The van der Waals surface area contributed by atoms with E-state index in [1.807, 2.05) is 0 Å². The van der Waals surface area contributed by atoms with Crippen LogP contribution in [-0.4, -0.2) is 17.1 Å². The third kappa shape index (κ3) is 2.52. The van der Waals surface area contributed by atoms with Crippen molar-refractivity contribution in [1.29, 1.82) is 0 Å². The first kappa shape index (κ1) is 11.8. The molecule has 0 amide bonds. The van der Waals surface area contributed by atoms with Crippen LogP contribution in [0.25, 0.3) is 0 Å². The van der Waals surface area contributed by atoms with Gasteiger partial charge in [-0.3, -0.25) is 10.1 Å². The van der Waals surface area contributed by atoms with Crippen molar-refractivity contribution in [2.45, 2.75) is 31.4 Å². The Balaban J connectivity index is 2.14. The number of nitrogens with zero attached hydrogens (tertiary/aromatic N) is 1. The van der Waals surface area contributed by atoms with Crippen LogP contribution in [0.4, 0.5) is 10.1 Å². The molecule has 1 aromatic rings. The van der Waals surface area contributed by atoms with Crippen molar-refractivity contribution >= 4 is 5.69 Å². The van der Waals surface area contributed by atoms with E-state index in [4.69, 9.17) is 10.5 Å². The summed E-state index contributed by atoms with van der Waals surface area (Å²) in [5.74, 6) is -0.698. The number of hydrogen-bond acceptors (Lipinski definition) is 4. The predicted molar refractivity (Wildman–Crippen MR) is 59.3 cm³/mol. The normalized spacial score (nSPS) is 23.6. The van der Waals surface area contributed by atoms with Gasteiger partial charge in [-0.2, -0.15) is 0 Å². The van der Waals surface area contributed by atoms with E-state index in [9.17, 15) is 14.5 Å². The summed E-state index contributed by atoms with van der Waals surface area (Å²) in [6, 6.07) is 3.26. The van der Waals surface area contributed by atoms with Gasteiger partial charge in [0.1, 0.15) is 6.10 Å². The molecule has 1 saturated carbocycles. The lowest BCUT2D eigenvalue weighted by molar-refractivity contribution is -0.385. The van der Waals surface area contributed by atoms with Crippen LogP contribution in [0.15, 0.2) is 18.2 Å². The number of benzene rings is 1. The van der Waals surface area contributed by atoms with Crippen molar-refractivity contribution < 1.29 is 14.1 Å². The summed E-state index contributed by atoms with van der Waals surface area (Å²) in [6.07, 6.45) is 2.41. The third-order valence-electron chi connectivity index (χ3n) is 2.91. The average Bonchev–Trinajstić information content (AvgIpc) is 2.67. The summed E-state index contributed by atoms with van der Waals surface area (Å²) in [7, 11) is 0. The highest BCUT2D eigenvalue weighted by Crippen LogP contribution is 2.27. The molecule has 5 nitrogen and oxygen atoms in total. The second-order valence-electron chi connectivity index (χ2n) is 4.12. The second kappa shape index (κ2) is 4.67. The predicted octanol–water partition coefficient (Wildman–Crippen LogP) is 1.99. The summed E-state index contributed by atoms with van der Waals surface area (Å²) in [4.78, 5) is 9.79. The molecule has 1 aliphatic rings. The fourth-order valence-corrected chi connectivity index (χ4v) is 1.96. The van der Waals surface area contributed by atoms with Gasteiger partial charge >= 0.3 is 0 Å². The smallest absolute Gasteiger partial charge is 0.272 e. The van der Waals surface area contributed by atoms with Crippen molar-refractivity contribution in [2.24, 2.45) is 5.73 Å². The van der Waals surface area contributed by atoms with Gasteiger partial charge in [0, 0.05) is 12.1 Å². The van der Waals surface area contributed by atoms with E-state index in [1.165, 1.54) is 12.1 Å². The maximum atomic E-state index is 13.5. The maximum absolute atomic E-state index is 13.5. The molecule has 2 rings (SSSR count). The average molecular weight is 240 g/mol. The quantitative estimate of drug-likeness (QED) is 0.647. The minimum Gasteiger partial charge on any atom is -0.486 e. The molecule has 17 heavy (non-hydrogen) atoms. The SMILES string of the molecule is NC1CCCC1Oc1ccc([N+](=O)[O-])cc1F. The Hall–Kier alpha value is -1.69. The minimum atomic E-state index is -0.724. The van der Waals surface area contributed by atoms with Gasteiger partial charge in [0.25, 0.3) is 5.69 Å². The molecule has 2 N–H and O–H groups in total. The molecule has 0 radical (unpaired) electrons. The van der Waals surface area contributed by atoms with E-state index in [0.29, 0.717) is 0 Å². The first-order valence-corrected chi connectivity index (χ1v) is 5.44. The molecule has 1 aromatic carbocycles. The largest absolute Gasteiger partial charge is 0.486 e. The zero-order chi connectivity index (χ0) is 12.4. The highest BCUT2D eigenvalue weighted by molar-refractivity contribution is 5.37. The molecular formula is C11H13FN2O3. The molecule has 0 spiro atoms. The lowest BCUT2D eigenvalue weighted by Gasteiger charge is -2.17. The van der Waals surface area contributed by atoms with Crippen LogP contribution >= 0.6 is 0 Å². The van der Waals surface area contributed by atoms with Gasteiger partial charge < -0.3 is 10.5 Å². The van der Waals surface area contributed by atoms with Crippen LogP contribution in [0.1, 0.15) is 19.3 Å². The van der Waals surface area contributed by atoms with Gasteiger partial charge in [0.05, 0.1) is 11.0 Å².